The maximum atomic E-state index is 13.4. The fourth-order valence-electron chi connectivity index (χ4n) is 5.26. The first-order chi connectivity index (χ1) is 17.4. The number of amides is 3. The molecule has 4 heterocycles. The molecule has 1 aromatic heterocycles. The van der Waals surface area contributed by atoms with E-state index >= 15 is 0 Å². The number of anilines is 2. The van der Waals surface area contributed by atoms with Crippen molar-refractivity contribution in [3.63, 3.8) is 0 Å². The highest BCUT2D eigenvalue weighted by atomic mass is 79.9. The largest absolute Gasteiger partial charge is 0.467 e. The number of nitrogens with zero attached hydrogens (tertiary/aromatic N) is 5. The predicted octanol–water partition coefficient (Wildman–Crippen LogP) is 3.97. The van der Waals surface area contributed by atoms with Gasteiger partial charge in [-0.2, -0.15) is 0 Å². The molecule has 3 aliphatic heterocycles. The molecule has 3 amide bonds. The maximum Gasteiger partial charge on any atom is 0.325 e. The quantitative estimate of drug-likeness (QED) is 0.532. The van der Waals surface area contributed by atoms with E-state index in [1.54, 1.807) is 35.5 Å². The second-order valence-corrected chi connectivity index (χ2v) is 10.3. The van der Waals surface area contributed by atoms with E-state index in [2.05, 4.69) is 36.1 Å². The third-order valence-electron chi connectivity index (χ3n) is 6.99. The molecule has 0 radical (unpaired) electrons. The van der Waals surface area contributed by atoms with Crippen LogP contribution in [0.5, 0.6) is 5.75 Å². The molecular weight excluding hydrogens is 524 g/mol. The molecule has 0 saturated carbocycles. The smallest absolute Gasteiger partial charge is 0.325 e. The Balaban J connectivity index is 1.22. The standard InChI is InChI=1S/C26H25BrN6O3/c1-26-16-21(20-15-18(27)6-7-22(20)36-26)30-25(35)33(26)19-5-2-4-17(14-19)23(34)31-10-12-32(13-11-31)24-28-8-3-9-29-24/h2-9,14-15,21H,10-13,16H2,1H3,(H,30,35)/t21-,26-/m1/s1. The third kappa shape index (κ3) is 3.95. The van der Waals surface area contributed by atoms with Gasteiger partial charge < -0.3 is 19.9 Å². The molecule has 2 saturated heterocycles. The first-order valence-electron chi connectivity index (χ1n) is 11.9. The van der Waals surface area contributed by atoms with E-state index in [-0.39, 0.29) is 18.0 Å². The first kappa shape index (κ1) is 22.8. The molecule has 9 nitrogen and oxygen atoms in total. The van der Waals surface area contributed by atoms with Crippen molar-refractivity contribution in [1.82, 2.24) is 20.2 Å². The van der Waals surface area contributed by atoms with Gasteiger partial charge in [-0.15, -0.1) is 0 Å². The Morgan fingerprint density at radius 2 is 1.86 bits per heavy atom. The summed E-state index contributed by atoms with van der Waals surface area (Å²) in [5.41, 5.74) is 1.24. The minimum Gasteiger partial charge on any atom is -0.467 e. The van der Waals surface area contributed by atoms with Crippen LogP contribution in [0.25, 0.3) is 0 Å². The molecule has 2 aromatic carbocycles. The molecule has 36 heavy (non-hydrogen) atoms. The Morgan fingerprint density at radius 1 is 1.08 bits per heavy atom. The fourth-order valence-corrected chi connectivity index (χ4v) is 5.64. The van der Waals surface area contributed by atoms with Crippen molar-refractivity contribution in [3.8, 4) is 5.75 Å². The van der Waals surface area contributed by atoms with E-state index in [9.17, 15) is 9.59 Å². The van der Waals surface area contributed by atoms with Gasteiger partial charge in [0.05, 0.1) is 11.7 Å². The number of carbonyl (C=O) groups is 2. The molecule has 0 aliphatic carbocycles. The van der Waals surface area contributed by atoms with Crippen molar-refractivity contribution in [1.29, 1.82) is 0 Å². The van der Waals surface area contributed by atoms with Crippen molar-refractivity contribution >= 4 is 39.5 Å². The number of hydrogen-bond acceptors (Lipinski definition) is 6. The summed E-state index contributed by atoms with van der Waals surface area (Å²) in [4.78, 5) is 40.8. The Kier molecular flexibility index (Phi) is 5.55. The van der Waals surface area contributed by atoms with E-state index in [4.69, 9.17) is 4.74 Å². The highest BCUT2D eigenvalue weighted by Gasteiger charge is 2.50. The molecule has 2 bridgehead atoms. The molecule has 0 spiro atoms. The van der Waals surface area contributed by atoms with Crippen molar-refractivity contribution in [2.45, 2.75) is 25.1 Å². The summed E-state index contributed by atoms with van der Waals surface area (Å²) in [5.74, 6) is 1.36. The average Bonchev–Trinajstić information content (AvgIpc) is 2.89. The summed E-state index contributed by atoms with van der Waals surface area (Å²) in [6.45, 7) is 4.38. The highest BCUT2D eigenvalue weighted by molar-refractivity contribution is 9.10. The lowest BCUT2D eigenvalue weighted by Crippen LogP contribution is -2.65. The van der Waals surface area contributed by atoms with Gasteiger partial charge in [-0.3, -0.25) is 9.69 Å². The van der Waals surface area contributed by atoms with Gasteiger partial charge in [0, 0.05) is 60.6 Å². The molecule has 2 fully saturated rings. The zero-order chi connectivity index (χ0) is 24.9. The van der Waals surface area contributed by atoms with Crippen LogP contribution in [0.1, 0.15) is 35.3 Å². The summed E-state index contributed by atoms with van der Waals surface area (Å²) >= 11 is 3.50. The number of hydrogen-bond donors (Lipinski definition) is 1. The van der Waals surface area contributed by atoms with E-state index in [1.807, 2.05) is 42.2 Å². The lowest BCUT2D eigenvalue weighted by atomic mass is 9.90. The van der Waals surface area contributed by atoms with Crippen molar-refractivity contribution in [3.05, 3.63) is 76.5 Å². The van der Waals surface area contributed by atoms with Crippen LogP contribution >= 0.6 is 15.9 Å². The predicted molar refractivity (Wildman–Crippen MR) is 138 cm³/mol. The molecule has 2 atom stereocenters. The molecule has 1 N–H and O–H groups in total. The van der Waals surface area contributed by atoms with Crippen molar-refractivity contribution < 1.29 is 14.3 Å². The molecule has 184 valence electrons. The summed E-state index contributed by atoms with van der Waals surface area (Å²) in [5, 5.41) is 3.11. The monoisotopic (exact) mass is 548 g/mol. The second-order valence-electron chi connectivity index (χ2n) is 9.38. The molecule has 0 unspecified atom stereocenters. The lowest BCUT2D eigenvalue weighted by molar-refractivity contribution is 0.0377. The van der Waals surface area contributed by atoms with Crippen LogP contribution < -0.4 is 19.9 Å². The number of carbonyl (C=O) groups excluding carboxylic acids is 2. The zero-order valence-electron chi connectivity index (χ0n) is 19.7. The van der Waals surface area contributed by atoms with Gasteiger partial charge in [-0.05, 0) is 49.4 Å². The van der Waals surface area contributed by atoms with E-state index in [1.165, 1.54) is 0 Å². The highest BCUT2D eigenvalue weighted by Crippen LogP contribution is 2.46. The fraction of sp³-hybridized carbons (Fsp3) is 0.308. The van der Waals surface area contributed by atoms with Gasteiger partial charge in [0.15, 0.2) is 5.72 Å². The number of piperazine rings is 1. The molecule has 6 rings (SSSR count). The molecule has 3 aromatic rings. The van der Waals surface area contributed by atoms with Crippen LogP contribution in [0.15, 0.2) is 65.4 Å². The van der Waals surface area contributed by atoms with Gasteiger partial charge in [0.2, 0.25) is 5.95 Å². The summed E-state index contributed by atoms with van der Waals surface area (Å²) in [7, 11) is 0. The summed E-state index contributed by atoms with van der Waals surface area (Å²) in [6.07, 6.45) is 4.03. The van der Waals surface area contributed by atoms with E-state index in [0.29, 0.717) is 49.8 Å². The molecule has 10 heteroatoms. The minimum absolute atomic E-state index is 0.0642. The second kappa shape index (κ2) is 8.77. The van der Waals surface area contributed by atoms with Crippen molar-refractivity contribution in [2.24, 2.45) is 0 Å². The Hall–Kier alpha value is -3.66. The minimum atomic E-state index is -0.878. The first-order valence-corrected chi connectivity index (χ1v) is 12.7. The zero-order valence-corrected chi connectivity index (χ0v) is 21.3. The number of urea groups is 1. The number of halogens is 1. The third-order valence-corrected chi connectivity index (χ3v) is 7.48. The average molecular weight is 549 g/mol. The number of benzene rings is 2. The summed E-state index contributed by atoms with van der Waals surface area (Å²) in [6, 6.07) is 14.4. The van der Waals surface area contributed by atoms with Gasteiger partial charge in [-0.1, -0.05) is 22.0 Å². The Bertz CT molecular complexity index is 1330. The van der Waals surface area contributed by atoms with Crippen LogP contribution in [0.3, 0.4) is 0 Å². The number of rotatable bonds is 3. The van der Waals surface area contributed by atoms with Crippen LogP contribution in [0.4, 0.5) is 16.4 Å². The number of nitrogens with one attached hydrogen (secondary N) is 1. The topological polar surface area (TPSA) is 90.9 Å². The van der Waals surface area contributed by atoms with Crippen LogP contribution in [0, 0.1) is 0 Å². The van der Waals surface area contributed by atoms with Gasteiger partial charge in [0.25, 0.3) is 5.91 Å². The lowest BCUT2D eigenvalue weighted by Gasteiger charge is -2.50. The normalized spacial score (nSPS) is 23.0. The van der Waals surface area contributed by atoms with Crippen LogP contribution in [0.2, 0.25) is 0 Å². The number of fused-ring (bicyclic) bond motifs is 4. The van der Waals surface area contributed by atoms with Gasteiger partial charge in [-0.25, -0.2) is 14.8 Å². The van der Waals surface area contributed by atoms with E-state index in [0.717, 1.165) is 15.8 Å². The number of ether oxygens (including phenoxy) is 1. The SMILES string of the molecule is C[C@@]12C[C@@H](NC(=O)N1c1cccc(C(=O)N3CCN(c4ncccn4)CC3)c1)c1cc(Br)ccc1O2. The Labute approximate surface area is 217 Å². The molecule has 3 aliphatic rings. The summed E-state index contributed by atoms with van der Waals surface area (Å²) < 4.78 is 7.32. The van der Waals surface area contributed by atoms with Crippen LogP contribution in [-0.4, -0.2) is 58.7 Å². The Morgan fingerprint density at radius 3 is 2.64 bits per heavy atom. The van der Waals surface area contributed by atoms with Gasteiger partial charge in [0.1, 0.15) is 5.75 Å². The maximum absolute atomic E-state index is 13.4. The van der Waals surface area contributed by atoms with Crippen LogP contribution in [-0.2, 0) is 0 Å². The van der Waals surface area contributed by atoms with E-state index < -0.39 is 5.72 Å². The molecular formula is C26H25BrN6O3. The number of aromatic nitrogens is 2. The van der Waals surface area contributed by atoms with Crippen molar-refractivity contribution in [2.75, 3.05) is 36.0 Å². The van der Waals surface area contributed by atoms with Gasteiger partial charge >= 0.3 is 6.03 Å².